The van der Waals surface area contributed by atoms with Crippen LogP contribution in [0.25, 0.3) is 0 Å². The van der Waals surface area contributed by atoms with Gasteiger partial charge in [-0.1, -0.05) is 28.7 Å². The zero-order valence-corrected chi connectivity index (χ0v) is 12.7. The Morgan fingerprint density at radius 1 is 1.33 bits per heavy atom. The number of fused-ring (bicyclic) bond motifs is 1. The van der Waals surface area contributed by atoms with Crippen LogP contribution in [-0.4, -0.2) is 29.0 Å². The number of carbonyl (C=O) groups excluding carboxylic acids is 1. The fraction of sp³-hybridized carbons (Fsp3) is 0.786. The third-order valence-corrected chi connectivity index (χ3v) is 5.35. The van der Waals surface area contributed by atoms with Gasteiger partial charge in [-0.2, -0.15) is 5.06 Å². The minimum atomic E-state index is 0.191. The number of hydroxylamine groups is 2. The normalized spacial score (nSPS) is 44.2. The lowest BCUT2D eigenvalue weighted by Gasteiger charge is -2.47. The molecule has 2 aliphatic heterocycles. The molecule has 2 heterocycles. The molecule has 18 heavy (non-hydrogen) atoms. The molecule has 100 valence electrons. The fourth-order valence-corrected chi connectivity index (χ4v) is 4.69. The Kier molecular flexibility index (Phi) is 3.78. The van der Waals surface area contributed by atoms with Crippen molar-refractivity contribution in [3.05, 3.63) is 10.2 Å². The molecule has 0 aromatic heterocycles. The van der Waals surface area contributed by atoms with E-state index >= 15 is 0 Å². The first-order chi connectivity index (χ1) is 8.81. The highest BCUT2D eigenvalue weighted by molar-refractivity contribution is 14.1. The maximum atomic E-state index is 10.9. The molecule has 0 aromatic rings. The Morgan fingerprint density at radius 2 is 2.11 bits per heavy atom. The van der Waals surface area contributed by atoms with Crippen molar-refractivity contribution in [2.45, 2.75) is 62.6 Å². The molecule has 1 aliphatic carbocycles. The molecule has 1 unspecified atom stereocenters. The predicted octanol–water partition coefficient (Wildman–Crippen LogP) is 3.23. The van der Waals surface area contributed by atoms with Gasteiger partial charge < -0.3 is 4.79 Å². The van der Waals surface area contributed by atoms with Crippen molar-refractivity contribution in [2.24, 2.45) is 5.92 Å². The second-order valence-electron chi connectivity index (χ2n) is 5.76. The highest BCUT2D eigenvalue weighted by Gasteiger charge is 2.58. The Labute approximate surface area is 122 Å². The van der Waals surface area contributed by atoms with Crippen LogP contribution in [-0.2, 0) is 9.63 Å². The van der Waals surface area contributed by atoms with E-state index in [0.717, 1.165) is 19.1 Å². The van der Waals surface area contributed by atoms with Crippen molar-refractivity contribution in [1.82, 2.24) is 5.06 Å². The third kappa shape index (κ3) is 1.88. The molecular weight excluding hydrogens is 341 g/mol. The SMILES string of the molecule is O=CC[C@@H]1CCC[C@]23CCC[C@H](ON12)C3/C=C\I. The predicted molar refractivity (Wildman–Crippen MR) is 78.3 cm³/mol. The number of nitrogens with zero attached hydrogens (tertiary/aromatic N) is 1. The van der Waals surface area contributed by atoms with Gasteiger partial charge in [-0.15, -0.1) is 0 Å². The molecule has 2 bridgehead atoms. The molecule has 3 nitrogen and oxygen atoms in total. The molecule has 0 radical (unpaired) electrons. The Hall–Kier alpha value is 0.0600. The molecular formula is C14H20INO2. The summed E-state index contributed by atoms with van der Waals surface area (Å²) >= 11 is 2.31. The van der Waals surface area contributed by atoms with Crippen molar-refractivity contribution in [2.75, 3.05) is 0 Å². The van der Waals surface area contributed by atoms with E-state index in [0.29, 0.717) is 24.5 Å². The van der Waals surface area contributed by atoms with Crippen LogP contribution in [0.1, 0.15) is 44.9 Å². The minimum Gasteiger partial charge on any atom is -0.303 e. The summed E-state index contributed by atoms with van der Waals surface area (Å²) in [5.74, 6) is 0.526. The Balaban J connectivity index is 1.92. The van der Waals surface area contributed by atoms with Crippen molar-refractivity contribution in [3.63, 3.8) is 0 Å². The van der Waals surface area contributed by atoms with Gasteiger partial charge in [0.15, 0.2) is 0 Å². The minimum absolute atomic E-state index is 0.191. The lowest BCUT2D eigenvalue weighted by atomic mass is 9.67. The van der Waals surface area contributed by atoms with Gasteiger partial charge >= 0.3 is 0 Å². The summed E-state index contributed by atoms with van der Waals surface area (Å²) in [6.07, 6.45) is 11.6. The molecule has 2 saturated heterocycles. The van der Waals surface area contributed by atoms with Gasteiger partial charge in [0.2, 0.25) is 0 Å². The van der Waals surface area contributed by atoms with Gasteiger partial charge in [-0.25, -0.2) is 0 Å². The van der Waals surface area contributed by atoms with E-state index in [-0.39, 0.29) is 5.54 Å². The van der Waals surface area contributed by atoms with Crippen LogP contribution in [0.15, 0.2) is 10.2 Å². The van der Waals surface area contributed by atoms with Gasteiger partial charge in [-0.05, 0) is 42.6 Å². The number of aldehydes is 1. The number of piperidine rings is 1. The molecule has 0 amide bonds. The van der Waals surface area contributed by atoms with E-state index in [1.807, 2.05) is 0 Å². The maximum Gasteiger partial charge on any atom is 0.121 e. The summed E-state index contributed by atoms with van der Waals surface area (Å²) < 4.78 is 2.14. The van der Waals surface area contributed by atoms with Gasteiger partial charge in [0.1, 0.15) is 6.29 Å². The maximum absolute atomic E-state index is 10.9. The van der Waals surface area contributed by atoms with E-state index in [9.17, 15) is 4.79 Å². The van der Waals surface area contributed by atoms with E-state index in [1.54, 1.807) is 0 Å². The lowest BCUT2D eigenvalue weighted by Crippen LogP contribution is -2.55. The standard InChI is InChI=1S/C14H20INO2/c15-9-5-12-13-4-2-8-14(12)7-1-3-11(6-10-17)16(14)18-13/h5,9-13H,1-4,6-8H2/b9-5-/t11-,12?,13-,14+/m0/s1. The van der Waals surface area contributed by atoms with Crippen molar-refractivity contribution < 1.29 is 9.63 Å². The Morgan fingerprint density at radius 3 is 2.83 bits per heavy atom. The van der Waals surface area contributed by atoms with Crippen molar-refractivity contribution in [1.29, 1.82) is 0 Å². The number of rotatable bonds is 3. The van der Waals surface area contributed by atoms with Crippen LogP contribution >= 0.6 is 22.6 Å². The molecule has 1 spiro atoms. The Bertz CT molecular complexity index is 356. The van der Waals surface area contributed by atoms with Crippen molar-refractivity contribution in [3.8, 4) is 0 Å². The van der Waals surface area contributed by atoms with Crippen LogP contribution in [0.3, 0.4) is 0 Å². The first kappa shape index (κ1) is 13.1. The average Bonchev–Trinajstić information content (AvgIpc) is 2.56. The van der Waals surface area contributed by atoms with Gasteiger partial charge in [0.05, 0.1) is 11.6 Å². The zero-order valence-electron chi connectivity index (χ0n) is 10.6. The van der Waals surface area contributed by atoms with Crippen LogP contribution in [0.2, 0.25) is 0 Å². The van der Waals surface area contributed by atoms with E-state index in [1.165, 1.54) is 25.7 Å². The summed E-state index contributed by atoms with van der Waals surface area (Å²) in [7, 11) is 0. The topological polar surface area (TPSA) is 29.5 Å². The summed E-state index contributed by atoms with van der Waals surface area (Å²) in [4.78, 5) is 17.1. The summed E-state index contributed by atoms with van der Waals surface area (Å²) in [6, 6.07) is 0.310. The van der Waals surface area contributed by atoms with Gasteiger partial charge in [0, 0.05) is 18.4 Å². The average molecular weight is 361 g/mol. The van der Waals surface area contributed by atoms with Gasteiger partial charge in [0.25, 0.3) is 0 Å². The number of hydrogen-bond acceptors (Lipinski definition) is 3. The van der Waals surface area contributed by atoms with Gasteiger partial charge in [-0.3, -0.25) is 4.84 Å². The molecule has 0 aromatic carbocycles. The molecule has 3 rings (SSSR count). The summed E-state index contributed by atoms with van der Waals surface area (Å²) in [5, 5.41) is 2.24. The summed E-state index contributed by atoms with van der Waals surface area (Å²) in [6.45, 7) is 0. The summed E-state index contributed by atoms with van der Waals surface area (Å²) in [5.41, 5.74) is 0.191. The van der Waals surface area contributed by atoms with E-state index in [4.69, 9.17) is 4.84 Å². The van der Waals surface area contributed by atoms with E-state index in [2.05, 4.69) is 37.8 Å². The molecule has 3 fully saturated rings. The number of hydrogen-bond donors (Lipinski definition) is 0. The molecule has 1 saturated carbocycles. The number of halogens is 1. The second kappa shape index (κ2) is 5.21. The molecule has 3 aliphatic rings. The van der Waals surface area contributed by atoms with Crippen LogP contribution < -0.4 is 0 Å². The largest absolute Gasteiger partial charge is 0.303 e. The van der Waals surface area contributed by atoms with Crippen LogP contribution in [0.5, 0.6) is 0 Å². The second-order valence-corrected chi connectivity index (χ2v) is 6.48. The van der Waals surface area contributed by atoms with E-state index < -0.39 is 0 Å². The first-order valence-electron chi connectivity index (χ1n) is 6.98. The highest BCUT2D eigenvalue weighted by Crippen LogP contribution is 2.53. The molecule has 4 heteroatoms. The molecule has 4 atom stereocenters. The lowest BCUT2D eigenvalue weighted by molar-refractivity contribution is -0.221. The third-order valence-electron chi connectivity index (χ3n) is 4.93. The van der Waals surface area contributed by atoms with Crippen molar-refractivity contribution >= 4 is 28.9 Å². The quantitative estimate of drug-likeness (QED) is 0.571. The monoisotopic (exact) mass is 361 g/mol. The van der Waals surface area contributed by atoms with Crippen LogP contribution in [0.4, 0.5) is 0 Å². The smallest absolute Gasteiger partial charge is 0.121 e. The van der Waals surface area contributed by atoms with Crippen LogP contribution in [0, 0.1) is 5.92 Å². The molecule has 0 N–H and O–H groups in total. The first-order valence-corrected chi connectivity index (χ1v) is 8.23. The number of carbonyl (C=O) groups is 1. The highest BCUT2D eigenvalue weighted by atomic mass is 127. The fourth-order valence-electron chi connectivity index (χ4n) is 4.25. The zero-order chi connectivity index (χ0) is 12.6.